The molecule has 82 valence electrons. The van der Waals surface area contributed by atoms with Gasteiger partial charge in [-0.1, -0.05) is 5.16 Å². The molecule has 0 radical (unpaired) electrons. The summed E-state index contributed by atoms with van der Waals surface area (Å²) in [5, 5.41) is 5.15. The minimum atomic E-state index is -0.384. The van der Waals surface area contributed by atoms with Crippen molar-refractivity contribution in [1.82, 2.24) is 10.1 Å². The van der Waals surface area contributed by atoms with E-state index in [0.717, 1.165) is 18.3 Å². The van der Waals surface area contributed by atoms with Gasteiger partial charge in [-0.05, 0) is 21.6 Å². The summed E-state index contributed by atoms with van der Waals surface area (Å²) in [6.07, 6.45) is 1.35. The van der Waals surface area contributed by atoms with Crippen molar-refractivity contribution in [2.45, 2.75) is 0 Å². The van der Waals surface area contributed by atoms with E-state index in [4.69, 9.17) is 0 Å². The third kappa shape index (κ3) is 1.63. The summed E-state index contributed by atoms with van der Waals surface area (Å²) in [4.78, 5) is 21.9. The Hall–Kier alpha value is -1.28. The van der Waals surface area contributed by atoms with Crippen LogP contribution in [0.25, 0.3) is 0 Å². The van der Waals surface area contributed by atoms with Crippen molar-refractivity contribution in [1.29, 1.82) is 0 Å². The van der Waals surface area contributed by atoms with Crippen LogP contribution in [0.15, 0.2) is 26.8 Å². The van der Waals surface area contributed by atoms with E-state index in [-0.39, 0.29) is 11.6 Å². The van der Waals surface area contributed by atoms with Crippen molar-refractivity contribution < 1.29 is 9.32 Å². The lowest BCUT2D eigenvalue weighted by molar-refractivity contribution is 0.0994. The van der Waals surface area contributed by atoms with Crippen molar-refractivity contribution in [3.05, 3.63) is 18.0 Å². The molecule has 3 rings (SSSR count). The Labute approximate surface area is 98.6 Å². The van der Waals surface area contributed by atoms with E-state index in [9.17, 15) is 4.79 Å². The molecular weight excluding hydrogens is 248 g/mol. The lowest BCUT2D eigenvalue weighted by Gasteiger charge is -2.08. The maximum Gasteiger partial charge on any atom is 0.301 e. The number of fused-ring (bicyclic) bond motifs is 1. The fraction of sp³-hybridized carbons (Fsp3) is 0.250. The third-order valence-corrected chi connectivity index (χ3v) is 4.26. The second-order valence-corrected chi connectivity index (χ2v) is 5.13. The highest BCUT2D eigenvalue weighted by Gasteiger charge is 2.31. The highest BCUT2D eigenvalue weighted by Crippen LogP contribution is 2.38. The first-order valence-electron chi connectivity index (χ1n) is 4.54. The minimum Gasteiger partial charge on any atom is -0.364 e. The minimum absolute atomic E-state index is 0.225. The molecule has 1 aromatic rings. The molecule has 16 heavy (non-hydrogen) atoms. The van der Waals surface area contributed by atoms with Crippen LogP contribution in [-0.2, 0) is 0 Å². The molecule has 2 aliphatic heterocycles. The van der Waals surface area contributed by atoms with E-state index < -0.39 is 0 Å². The number of amides is 1. The monoisotopic (exact) mass is 254 g/mol. The summed E-state index contributed by atoms with van der Waals surface area (Å²) in [6.45, 7) is 1.56. The van der Waals surface area contributed by atoms with Gasteiger partial charge >= 0.3 is 5.91 Å². The first-order chi connectivity index (χ1) is 7.84. The van der Waals surface area contributed by atoms with E-state index >= 15 is 0 Å². The number of carbonyl (C=O) groups is 1. The number of aromatic nitrogens is 1. The molecule has 0 saturated carbocycles. The first-order valence-corrected chi connectivity index (χ1v) is 6.69. The molecule has 0 atom stereocenters. The summed E-state index contributed by atoms with van der Waals surface area (Å²) in [7, 11) is 2.97. The average Bonchev–Trinajstić information content (AvgIpc) is 2.94. The fourth-order valence-corrected chi connectivity index (χ4v) is 3.60. The van der Waals surface area contributed by atoms with Gasteiger partial charge in [0.15, 0.2) is 16.0 Å². The molecule has 0 unspecified atom stereocenters. The molecule has 2 aliphatic rings. The predicted octanol–water partition coefficient (Wildman–Crippen LogP) is 1.24. The molecule has 1 aromatic heterocycles. The summed E-state index contributed by atoms with van der Waals surface area (Å²) in [6, 6.07) is 1.50. The van der Waals surface area contributed by atoms with Gasteiger partial charge in [0, 0.05) is 12.6 Å². The highest BCUT2D eigenvalue weighted by molar-refractivity contribution is 8.88. The standard InChI is InChI=1S/C8H6N4O2S2/c13-6(5-1-4-14-11-5)10-8-12-3-2-9-7(12)15-16-8/h1,4H,2-3H2. The van der Waals surface area contributed by atoms with Gasteiger partial charge in [0.05, 0.1) is 6.54 Å². The maximum absolute atomic E-state index is 11.7. The third-order valence-electron chi connectivity index (χ3n) is 2.08. The van der Waals surface area contributed by atoms with Gasteiger partial charge in [-0.3, -0.25) is 14.7 Å². The number of rotatable bonds is 1. The molecule has 0 bridgehead atoms. The van der Waals surface area contributed by atoms with Crippen LogP contribution in [0.2, 0.25) is 0 Å². The van der Waals surface area contributed by atoms with E-state index in [1.807, 2.05) is 4.90 Å². The van der Waals surface area contributed by atoms with Gasteiger partial charge in [-0.15, -0.1) is 0 Å². The average molecular weight is 254 g/mol. The molecule has 0 N–H and O–H groups in total. The lowest BCUT2D eigenvalue weighted by atomic mass is 10.4. The van der Waals surface area contributed by atoms with Gasteiger partial charge < -0.3 is 4.52 Å². The number of hydrogen-bond acceptors (Lipinski definition) is 6. The van der Waals surface area contributed by atoms with E-state index in [1.54, 1.807) is 0 Å². The quantitative estimate of drug-likeness (QED) is 0.702. The normalized spacial score (nSPS) is 21.4. The van der Waals surface area contributed by atoms with Gasteiger partial charge in [0.25, 0.3) is 0 Å². The SMILES string of the molecule is O=C(N=C1SSC2=NCCN21)c1ccon1. The predicted molar refractivity (Wildman–Crippen MR) is 62.5 cm³/mol. The number of amidine groups is 2. The maximum atomic E-state index is 11.7. The van der Waals surface area contributed by atoms with Crippen LogP contribution in [-0.4, -0.2) is 39.4 Å². The molecule has 8 heteroatoms. The molecule has 0 aromatic carbocycles. The Morgan fingerprint density at radius 2 is 2.50 bits per heavy atom. The summed E-state index contributed by atoms with van der Waals surface area (Å²) >= 11 is 0. The van der Waals surface area contributed by atoms with Gasteiger partial charge in [-0.2, -0.15) is 4.99 Å². The zero-order chi connectivity index (χ0) is 11.0. The molecule has 1 amide bonds. The first kappa shape index (κ1) is 9.91. The lowest BCUT2D eigenvalue weighted by Crippen LogP contribution is -2.26. The molecule has 1 saturated heterocycles. The number of carbonyl (C=O) groups excluding carboxylic acids is 1. The number of aliphatic imine (C=N–C) groups is 2. The van der Waals surface area contributed by atoms with Crippen molar-refractivity contribution in [2.24, 2.45) is 9.98 Å². The highest BCUT2D eigenvalue weighted by atomic mass is 33.1. The Morgan fingerprint density at radius 3 is 3.31 bits per heavy atom. The van der Waals surface area contributed by atoms with Crippen LogP contribution in [0.1, 0.15) is 10.5 Å². The Bertz CT molecular complexity index is 482. The van der Waals surface area contributed by atoms with Crippen LogP contribution < -0.4 is 0 Å². The largest absolute Gasteiger partial charge is 0.364 e. The van der Waals surface area contributed by atoms with Gasteiger partial charge in [0.1, 0.15) is 6.26 Å². The Kier molecular flexibility index (Phi) is 2.44. The van der Waals surface area contributed by atoms with E-state index in [1.165, 1.54) is 33.9 Å². The van der Waals surface area contributed by atoms with Gasteiger partial charge in [0.2, 0.25) is 0 Å². The number of nitrogens with zero attached hydrogens (tertiary/aromatic N) is 4. The number of hydrogen-bond donors (Lipinski definition) is 0. The van der Waals surface area contributed by atoms with Crippen LogP contribution in [0.5, 0.6) is 0 Å². The fourth-order valence-electron chi connectivity index (χ4n) is 1.34. The van der Waals surface area contributed by atoms with Crippen molar-refractivity contribution in [2.75, 3.05) is 13.1 Å². The van der Waals surface area contributed by atoms with Gasteiger partial charge in [-0.25, -0.2) is 0 Å². The molecule has 0 spiro atoms. The zero-order valence-electron chi connectivity index (χ0n) is 7.99. The Balaban J connectivity index is 1.83. The Morgan fingerprint density at radius 1 is 1.56 bits per heavy atom. The smallest absolute Gasteiger partial charge is 0.301 e. The van der Waals surface area contributed by atoms with Crippen LogP contribution in [0.4, 0.5) is 0 Å². The zero-order valence-corrected chi connectivity index (χ0v) is 9.62. The molecule has 0 aliphatic carbocycles. The molecular formula is C8H6N4O2S2. The van der Waals surface area contributed by atoms with Crippen LogP contribution in [0, 0.1) is 0 Å². The van der Waals surface area contributed by atoms with Crippen molar-refractivity contribution >= 4 is 37.8 Å². The van der Waals surface area contributed by atoms with Crippen LogP contribution >= 0.6 is 21.6 Å². The van der Waals surface area contributed by atoms with E-state index in [2.05, 4.69) is 19.7 Å². The molecule has 6 nitrogen and oxygen atoms in total. The van der Waals surface area contributed by atoms with Crippen molar-refractivity contribution in [3.8, 4) is 0 Å². The van der Waals surface area contributed by atoms with E-state index in [0.29, 0.717) is 5.17 Å². The van der Waals surface area contributed by atoms with Crippen LogP contribution in [0.3, 0.4) is 0 Å². The molecule has 3 heterocycles. The summed E-state index contributed by atoms with van der Waals surface area (Å²) in [5.74, 6) is -0.384. The summed E-state index contributed by atoms with van der Waals surface area (Å²) in [5.41, 5.74) is 0.225. The molecule has 1 fully saturated rings. The second-order valence-electron chi connectivity index (χ2n) is 3.07. The van der Waals surface area contributed by atoms with Crippen molar-refractivity contribution in [3.63, 3.8) is 0 Å². The summed E-state index contributed by atoms with van der Waals surface area (Å²) < 4.78 is 4.60. The topological polar surface area (TPSA) is 71.1 Å². The second kappa shape index (κ2) is 3.95.